The van der Waals surface area contributed by atoms with Crippen molar-refractivity contribution in [2.75, 3.05) is 19.5 Å². The number of aromatic nitrogens is 2. The summed E-state index contributed by atoms with van der Waals surface area (Å²) in [5, 5.41) is 8.26. The van der Waals surface area contributed by atoms with Gasteiger partial charge in [-0.25, -0.2) is 0 Å². The third-order valence-electron chi connectivity index (χ3n) is 3.87. The van der Waals surface area contributed by atoms with Gasteiger partial charge in [-0.2, -0.15) is 5.10 Å². The van der Waals surface area contributed by atoms with Gasteiger partial charge >= 0.3 is 0 Å². The van der Waals surface area contributed by atoms with Crippen molar-refractivity contribution in [3.63, 3.8) is 0 Å². The normalized spacial score (nSPS) is 10.5. The SMILES string of the molecule is COc1ccc(CNc2cnn(Cc3ccccc3)c2)c(Cl)c1OC. The molecule has 1 aromatic heterocycles. The number of halogens is 1. The molecule has 0 spiro atoms. The number of methoxy groups -OCH3 is 2. The van der Waals surface area contributed by atoms with Crippen LogP contribution >= 0.6 is 11.6 Å². The molecule has 0 fully saturated rings. The van der Waals surface area contributed by atoms with Crippen molar-refractivity contribution in [3.05, 3.63) is 71.0 Å². The lowest BCUT2D eigenvalue weighted by molar-refractivity contribution is 0.355. The van der Waals surface area contributed by atoms with Gasteiger partial charge in [-0.1, -0.05) is 48.0 Å². The zero-order chi connectivity index (χ0) is 17.6. The van der Waals surface area contributed by atoms with E-state index in [2.05, 4.69) is 22.5 Å². The molecule has 0 radical (unpaired) electrons. The van der Waals surface area contributed by atoms with Gasteiger partial charge in [-0.05, 0) is 17.2 Å². The highest BCUT2D eigenvalue weighted by Gasteiger charge is 2.13. The molecule has 6 heteroatoms. The molecular weight excluding hydrogens is 338 g/mol. The molecule has 0 unspecified atom stereocenters. The number of hydrogen-bond acceptors (Lipinski definition) is 4. The largest absolute Gasteiger partial charge is 0.493 e. The Morgan fingerprint density at radius 3 is 2.60 bits per heavy atom. The van der Waals surface area contributed by atoms with Crippen LogP contribution in [0, 0.1) is 0 Å². The van der Waals surface area contributed by atoms with Gasteiger partial charge in [0.1, 0.15) is 0 Å². The van der Waals surface area contributed by atoms with E-state index in [1.807, 2.05) is 41.2 Å². The van der Waals surface area contributed by atoms with Crippen molar-refractivity contribution in [3.8, 4) is 11.5 Å². The molecule has 0 aliphatic heterocycles. The minimum atomic E-state index is 0.545. The first-order valence-corrected chi connectivity index (χ1v) is 8.28. The summed E-state index contributed by atoms with van der Waals surface area (Å²) in [7, 11) is 3.17. The molecule has 3 aromatic rings. The zero-order valence-corrected chi connectivity index (χ0v) is 15.0. The third-order valence-corrected chi connectivity index (χ3v) is 4.28. The van der Waals surface area contributed by atoms with E-state index in [0.717, 1.165) is 17.8 Å². The highest BCUT2D eigenvalue weighted by molar-refractivity contribution is 6.33. The van der Waals surface area contributed by atoms with E-state index in [1.165, 1.54) is 5.56 Å². The Bertz CT molecular complexity index is 834. The van der Waals surface area contributed by atoms with Gasteiger partial charge in [0.15, 0.2) is 11.5 Å². The summed E-state index contributed by atoms with van der Waals surface area (Å²) in [4.78, 5) is 0. The fourth-order valence-corrected chi connectivity index (χ4v) is 2.88. The Morgan fingerprint density at radius 2 is 1.88 bits per heavy atom. The fourth-order valence-electron chi connectivity index (χ4n) is 2.58. The number of anilines is 1. The molecule has 0 bridgehead atoms. The van der Waals surface area contributed by atoms with Gasteiger partial charge in [0.05, 0.1) is 37.7 Å². The molecule has 0 aliphatic carbocycles. The lowest BCUT2D eigenvalue weighted by atomic mass is 10.2. The second-order valence-electron chi connectivity index (χ2n) is 5.54. The van der Waals surface area contributed by atoms with E-state index in [9.17, 15) is 0 Å². The lowest BCUT2D eigenvalue weighted by Gasteiger charge is -2.13. The molecule has 0 atom stereocenters. The molecule has 25 heavy (non-hydrogen) atoms. The number of nitrogens with zero attached hydrogens (tertiary/aromatic N) is 2. The molecule has 1 N–H and O–H groups in total. The van der Waals surface area contributed by atoms with Gasteiger partial charge in [-0.3, -0.25) is 4.68 Å². The van der Waals surface area contributed by atoms with Gasteiger partial charge in [-0.15, -0.1) is 0 Å². The van der Waals surface area contributed by atoms with Crippen molar-refractivity contribution >= 4 is 17.3 Å². The second-order valence-corrected chi connectivity index (χ2v) is 5.92. The van der Waals surface area contributed by atoms with Crippen LogP contribution < -0.4 is 14.8 Å². The van der Waals surface area contributed by atoms with Gasteiger partial charge in [0, 0.05) is 12.7 Å². The third kappa shape index (κ3) is 4.06. The van der Waals surface area contributed by atoms with E-state index in [1.54, 1.807) is 20.4 Å². The molecular formula is C19H20ClN3O2. The Labute approximate surface area is 152 Å². The minimum absolute atomic E-state index is 0.545. The van der Waals surface area contributed by atoms with Crippen LogP contribution in [0.4, 0.5) is 5.69 Å². The van der Waals surface area contributed by atoms with E-state index in [-0.39, 0.29) is 0 Å². The van der Waals surface area contributed by atoms with E-state index < -0.39 is 0 Å². The summed E-state index contributed by atoms with van der Waals surface area (Å²) in [6, 6.07) is 14.0. The molecule has 0 aliphatic rings. The maximum Gasteiger partial charge on any atom is 0.179 e. The van der Waals surface area contributed by atoms with Crippen molar-refractivity contribution in [1.82, 2.24) is 9.78 Å². The topological polar surface area (TPSA) is 48.3 Å². The van der Waals surface area contributed by atoms with Crippen LogP contribution in [0.3, 0.4) is 0 Å². The van der Waals surface area contributed by atoms with Gasteiger partial charge < -0.3 is 14.8 Å². The highest BCUT2D eigenvalue weighted by Crippen LogP contribution is 2.37. The van der Waals surface area contributed by atoms with Gasteiger partial charge in [0.2, 0.25) is 0 Å². The Balaban J connectivity index is 1.66. The predicted octanol–water partition coefficient (Wildman–Crippen LogP) is 4.21. The van der Waals surface area contributed by atoms with Crippen molar-refractivity contribution in [2.24, 2.45) is 0 Å². The van der Waals surface area contributed by atoms with E-state index in [0.29, 0.717) is 23.1 Å². The van der Waals surface area contributed by atoms with Crippen LogP contribution in [0.25, 0.3) is 0 Å². The first-order valence-electron chi connectivity index (χ1n) is 7.91. The maximum atomic E-state index is 6.41. The van der Waals surface area contributed by atoms with Crippen LogP contribution in [0.15, 0.2) is 54.9 Å². The molecule has 0 amide bonds. The van der Waals surface area contributed by atoms with Gasteiger partial charge in [0.25, 0.3) is 0 Å². The molecule has 5 nitrogen and oxygen atoms in total. The summed E-state index contributed by atoms with van der Waals surface area (Å²) in [6.07, 6.45) is 3.78. The smallest absolute Gasteiger partial charge is 0.179 e. The molecule has 130 valence electrons. The number of ether oxygens (including phenoxy) is 2. The zero-order valence-electron chi connectivity index (χ0n) is 14.2. The average molecular weight is 358 g/mol. The van der Waals surface area contributed by atoms with Crippen LogP contribution in [-0.4, -0.2) is 24.0 Å². The van der Waals surface area contributed by atoms with Crippen LogP contribution in [-0.2, 0) is 13.1 Å². The quantitative estimate of drug-likeness (QED) is 0.688. The predicted molar refractivity (Wildman–Crippen MR) is 99.7 cm³/mol. The number of hydrogen-bond donors (Lipinski definition) is 1. The van der Waals surface area contributed by atoms with Crippen molar-refractivity contribution < 1.29 is 9.47 Å². The van der Waals surface area contributed by atoms with E-state index in [4.69, 9.17) is 21.1 Å². The monoisotopic (exact) mass is 357 g/mol. The summed E-state index contributed by atoms with van der Waals surface area (Å²) >= 11 is 6.41. The van der Waals surface area contributed by atoms with Crippen molar-refractivity contribution in [1.29, 1.82) is 0 Å². The number of nitrogens with one attached hydrogen (secondary N) is 1. The standard InChI is InChI=1S/C19H20ClN3O2/c1-24-17-9-8-15(18(20)19(17)25-2)10-21-16-11-22-23(13-16)12-14-6-4-3-5-7-14/h3-9,11,13,21H,10,12H2,1-2H3. The summed E-state index contributed by atoms with van der Waals surface area (Å²) < 4.78 is 12.5. The first-order chi connectivity index (χ1) is 12.2. The molecule has 0 saturated heterocycles. The Hall–Kier alpha value is -2.66. The molecule has 2 aromatic carbocycles. The van der Waals surface area contributed by atoms with E-state index >= 15 is 0 Å². The highest BCUT2D eigenvalue weighted by atomic mass is 35.5. The number of benzene rings is 2. The fraction of sp³-hybridized carbons (Fsp3) is 0.211. The Kier molecular flexibility index (Phi) is 5.46. The summed E-state index contributed by atoms with van der Waals surface area (Å²) in [5.41, 5.74) is 3.07. The second kappa shape index (κ2) is 7.94. The molecule has 1 heterocycles. The van der Waals surface area contributed by atoms with Crippen LogP contribution in [0.5, 0.6) is 11.5 Å². The number of rotatable bonds is 7. The lowest BCUT2D eigenvalue weighted by Crippen LogP contribution is -2.02. The first kappa shape index (κ1) is 17.2. The molecule has 0 saturated carbocycles. The van der Waals surface area contributed by atoms with Crippen molar-refractivity contribution in [2.45, 2.75) is 13.1 Å². The summed E-state index contributed by atoms with van der Waals surface area (Å²) in [5.74, 6) is 1.16. The maximum absolute atomic E-state index is 6.41. The average Bonchev–Trinajstić information content (AvgIpc) is 3.08. The summed E-state index contributed by atoms with van der Waals surface area (Å²) in [6.45, 7) is 1.30. The minimum Gasteiger partial charge on any atom is -0.493 e. The Morgan fingerprint density at radius 1 is 1.08 bits per heavy atom. The van der Waals surface area contributed by atoms with Crippen LogP contribution in [0.1, 0.15) is 11.1 Å². The van der Waals surface area contributed by atoms with Crippen LogP contribution in [0.2, 0.25) is 5.02 Å². The molecule has 3 rings (SSSR count).